The summed E-state index contributed by atoms with van der Waals surface area (Å²) in [5, 5.41) is 37.8. The van der Waals surface area contributed by atoms with Gasteiger partial charge in [-0.25, -0.2) is 0 Å². The van der Waals surface area contributed by atoms with E-state index in [0.29, 0.717) is 51.4 Å². The number of hydrogen-bond donors (Lipinski definition) is 28. The third-order valence-electron chi connectivity index (χ3n) is 24.7. The second-order valence-electron chi connectivity index (χ2n) is 38.2. The van der Waals surface area contributed by atoms with Crippen molar-refractivity contribution in [3.63, 3.8) is 0 Å². The lowest BCUT2D eigenvalue weighted by atomic mass is 9.99. The first-order chi connectivity index (χ1) is 67.0. The number of nitrogens with zero attached hydrogens (tertiary/aromatic N) is 6. The van der Waals surface area contributed by atoms with Crippen LogP contribution in [0.4, 0.5) is 0 Å². The van der Waals surface area contributed by atoms with E-state index in [4.69, 9.17) is 63.1 Å². The second kappa shape index (κ2) is 64.7. The Labute approximate surface area is 849 Å². The van der Waals surface area contributed by atoms with Gasteiger partial charge in [0, 0.05) is 56.5 Å². The number of rotatable bonds is 65. The summed E-state index contributed by atoms with van der Waals surface area (Å²) < 4.78 is 0. The number of carbonyl (C=O) groups excluding carboxylic acids is 18. The molecule has 806 valence electrons. The van der Waals surface area contributed by atoms with E-state index in [1.807, 2.05) is 0 Å². The SMILES string of the molecule is CC(C)[C@H](N)C(=O)N[C@@H](CS)C(=O)N[C@@H](CCCN=C(N)N)C(=O)N[C@@H](CCCCN)C(=O)N1CCC[C@H]1C(=O)N[C@H](C(=O)N[C@H](C(=O)N[C@@H](CS)C(=O)N[C@@H](CCCN=C(N)N)C(=O)N[C@@H](CCCCN)C(=O)N1CCC[C@H]1C(=O)N[C@H](C(=O)N[C@H](C(=O)N[C@@H](CS)C(=O)N[C@@H](CCCN=C(N)N)C(=O)N[C@@H](CCCCN)C(=O)N1CCC[C@H]1C(=O)N[C@H](C(N)=O)C(C)C)C(C)C)C(C)C)C(C)C)C(C)C. The van der Waals surface area contributed by atoms with Crippen LogP contribution in [-0.2, 0) is 86.3 Å². The molecule has 0 aromatic heterocycles. The summed E-state index contributed by atoms with van der Waals surface area (Å²) in [4.78, 5) is 273. The van der Waals surface area contributed by atoms with Gasteiger partial charge in [0.1, 0.15) is 103 Å². The Morgan fingerprint density at radius 1 is 0.275 bits per heavy atom. The number of likely N-dealkylation sites (tertiary alicyclic amines) is 3. The van der Waals surface area contributed by atoms with Gasteiger partial charge in [0.05, 0.1) is 6.04 Å². The first kappa shape index (κ1) is 125. The highest BCUT2D eigenvalue weighted by atomic mass is 32.1. The number of unbranched alkanes of at least 4 members (excludes halogenated alkanes) is 3. The summed E-state index contributed by atoms with van der Waals surface area (Å²) >= 11 is 13.1. The van der Waals surface area contributed by atoms with Crippen LogP contribution in [-0.4, -0.2) is 324 Å². The smallest absolute Gasteiger partial charge is 0.245 e. The van der Waals surface area contributed by atoms with Crippen LogP contribution in [0.5, 0.6) is 0 Å². The topological polar surface area (TPSA) is 809 Å². The molecule has 0 bridgehead atoms. The monoisotopic (exact) mass is 2060 g/mol. The van der Waals surface area contributed by atoms with E-state index in [0.717, 1.165) is 0 Å². The molecule has 3 fully saturated rings. The predicted molar refractivity (Wildman–Crippen MR) is 547 cm³/mol. The van der Waals surface area contributed by atoms with Crippen molar-refractivity contribution in [2.45, 2.75) is 327 Å². The fourth-order valence-electron chi connectivity index (χ4n) is 16.3. The molecule has 3 aliphatic rings. The zero-order valence-electron chi connectivity index (χ0n) is 84.4. The fraction of sp³-hybridized carbons (Fsp3) is 0.767. The largest absolute Gasteiger partial charge is 0.370 e. The van der Waals surface area contributed by atoms with Gasteiger partial charge in [-0.1, -0.05) is 83.1 Å². The number of hydrogen-bond acceptors (Lipinski definition) is 28. The Morgan fingerprint density at radius 3 is 0.725 bits per heavy atom. The van der Waals surface area contributed by atoms with Gasteiger partial charge in [-0.15, -0.1) is 0 Å². The van der Waals surface area contributed by atoms with Crippen LogP contribution in [0.1, 0.15) is 218 Å². The molecule has 0 unspecified atom stereocenters. The lowest BCUT2D eigenvalue weighted by molar-refractivity contribution is -0.143. The molecule has 0 spiro atoms. The molecule has 0 radical (unpaired) electrons. The number of guanidine groups is 3. The van der Waals surface area contributed by atoms with Crippen molar-refractivity contribution in [3.8, 4) is 0 Å². The summed E-state index contributed by atoms with van der Waals surface area (Å²) in [6.45, 7) is 20.8. The van der Waals surface area contributed by atoms with E-state index in [-0.39, 0.29) is 189 Å². The molecule has 36 N–H and O–H groups in total. The van der Waals surface area contributed by atoms with E-state index < -0.39 is 239 Å². The van der Waals surface area contributed by atoms with Gasteiger partial charge in [-0.05, 0) is 190 Å². The lowest BCUT2D eigenvalue weighted by Crippen LogP contribution is -2.62. The Balaban J connectivity index is 1.88. The van der Waals surface area contributed by atoms with Crippen molar-refractivity contribution in [3.05, 3.63) is 0 Å². The Morgan fingerprint density at radius 2 is 0.493 bits per heavy atom. The molecule has 3 aliphatic heterocycles. The maximum Gasteiger partial charge on any atom is 0.245 e. The van der Waals surface area contributed by atoms with Gasteiger partial charge >= 0.3 is 0 Å². The van der Waals surface area contributed by atoms with Crippen molar-refractivity contribution in [2.75, 3.05) is 76.2 Å². The molecule has 18 amide bonds. The Kier molecular flexibility index (Phi) is 57.1. The quantitative estimate of drug-likeness (QED) is 0.0116. The average Bonchev–Trinajstić information content (AvgIpc) is 1.66. The lowest BCUT2D eigenvalue weighted by Gasteiger charge is -2.32. The summed E-state index contributed by atoms with van der Waals surface area (Å²) in [6, 6.07) is -23.0. The van der Waals surface area contributed by atoms with Gasteiger partial charge in [0.15, 0.2) is 17.9 Å². The molecular formula is C90H165N31O18S3. The van der Waals surface area contributed by atoms with E-state index >= 15 is 4.79 Å². The fourth-order valence-corrected chi connectivity index (χ4v) is 17.1. The Bertz CT molecular complexity index is 4260. The molecule has 3 saturated heterocycles. The highest BCUT2D eigenvalue weighted by Gasteiger charge is 2.46. The molecule has 0 aromatic carbocycles. The molecular weight excluding hydrogens is 1900 g/mol. The highest BCUT2D eigenvalue weighted by molar-refractivity contribution is 7.80. The third kappa shape index (κ3) is 41.8. The van der Waals surface area contributed by atoms with Crippen LogP contribution in [0.3, 0.4) is 0 Å². The van der Waals surface area contributed by atoms with Crippen molar-refractivity contribution in [1.29, 1.82) is 0 Å². The van der Waals surface area contributed by atoms with Crippen molar-refractivity contribution in [2.24, 2.45) is 114 Å². The van der Waals surface area contributed by atoms with Crippen LogP contribution in [0, 0.1) is 35.5 Å². The predicted octanol–water partition coefficient (Wildman–Crippen LogP) is -7.17. The van der Waals surface area contributed by atoms with Crippen LogP contribution in [0.15, 0.2) is 15.0 Å². The van der Waals surface area contributed by atoms with Gasteiger partial charge in [0.2, 0.25) is 106 Å². The molecule has 142 heavy (non-hydrogen) atoms. The minimum atomic E-state index is -1.50. The number of amides is 18. The van der Waals surface area contributed by atoms with Gasteiger partial charge in [-0.2, -0.15) is 37.9 Å². The number of nitrogens with one attached hydrogen (secondary N) is 14. The van der Waals surface area contributed by atoms with E-state index in [1.54, 1.807) is 83.1 Å². The molecule has 0 saturated carbocycles. The van der Waals surface area contributed by atoms with Crippen LogP contribution < -0.4 is 138 Å². The van der Waals surface area contributed by atoms with Gasteiger partial charge < -0.3 is 152 Å². The first-order valence-electron chi connectivity index (χ1n) is 49.3. The maximum absolute atomic E-state index is 15.1. The summed E-state index contributed by atoms with van der Waals surface area (Å²) in [5.74, 6) is -18.8. The van der Waals surface area contributed by atoms with Crippen molar-refractivity contribution >= 4 is 162 Å². The zero-order valence-corrected chi connectivity index (χ0v) is 87.1. The van der Waals surface area contributed by atoms with Gasteiger partial charge in [-0.3, -0.25) is 101 Å². The minimum absolute atomic E-state index is 0.0157. The maximum atomic E-state index is 15.1. The summed E-state index contributed by atoms with van der Waals surface area (Å²) in [7, 11) is 0. The second-order valence-corrected chi connectivity index (χ2v) is 39.3. The first-order valence-corrected chi connectivity index (χ1v) is 51.2. The van der Waals surface area contributed by atoms with Gasteiger partial charge in [0.25, 0.3) is 0 Å². The summed E-state index contributed by atoms with van der Waals surface area (Å²) in [5.41, 5.74) is 62.9. The summed E-state index contributed by atoms with van der Waals surface area (Å²) in [6.07, 6.45) is 4.09. The molecule has 52 heteroatoms. The number of carbonyl (C=O) groups is 18. The van der Waals surface area contributed by atoms with E-state index in [2.05, 4.69) is 127 Å². The zero-order chi connectivity index (χ0) is 107. The average molecular weight is 2070 g/mol. The number of aliphatic imine (C=N–C) groups is 3. The van der Waals surface area contributed by atoms with Crippen LogP contribution in [0.25, 0.3) is 0 Å². The molecule has 3 heterocycles. The van der Waals surface area contributed by atoms with E-state index in [1.165, 1.54) is 14.7 Å². The molecule has 0 aliphatic carbocycles. The van der Waals surface area contributed by atoms with Crippen LogP contribution >= 0.6 is 37.9 Å². The highest BCUT2D eigenvalue weighted by Crippen LogP contribution is 2.26. The molecule has 49 nitrogen and oxygen atoms in total. The standard InChI is InChI=1S/C90H165N31O18S3/c1-46(2)64(94)80(132)111-58(43-140)74(126)105-52(28-19-37-102-88(96)97)71(123)109-56(26-14-17-35-92)86(138)120-41-23-32-62(120)78(130)115-68(50(9)10)83(135)118-67(49(7)8)82(134)113-60(45-142)76(128)107-54(30-21-39-104-90(100)101)73(125)110-57(27-15-18-36-93)87(139)121-42-24-33-63(121)79(131)116-69(51(11)12)84(136)117-66(48(5)6)81(133)112-59(44-141)75(127)106-53(29-20-38-103-89(98)99)72(124)108-55(25-13-16-34-91)85(137)119-40-22-31-61(119)77(129)114-65(47(3)4)70(95)122/h46-69,140-142H,13-45,91-94H2,1-12H3,(H2,95,122)(H,105,126)(H,106,127)(H,107,128)(H,108,124)(H,109,123)(H,110,125)(H,111,132)(H,112,133)(H,113,134)(H,114,129)(H,115,130)(H,116,131)(H,117,136)(H,118,135)(H4,96,97,102)(H4,98,99,103)(H4,100,101,104)/t52-,53-,54-,55-,56-,57-,58-,59-,60-,61-,62-,63-,64-,65-,66-,67-,68-,69-/m0/s1. The van der Waals surface area contributed by atoms with E-state index in [9.17, 15) is 81.5 Å². The molecule has 0 aromatic rings. The number of nitrogens with two attached hydrogens (primary N) is 11. The normalized spacial score (nSPS) is 17.8. The Hall–Kier alpha value is -10.8. The third-order valence-corrected chi connectivity index (χ3v) is 25.8. The minimum Gasteiger partial charge on any atom is -0.370 e. The number of primary amides is 1. The molecule has 18 atom stereocenters. The molecule has 3 rings (SSSR count). The van der Waals surface area contributed by atoms with Crippen molar-refractivity contribution in [1.82, 2.24) is 89.1 Å². The van der Waals surface area contributed by atoms with Crippen LogP contribution in [0.2, 0.25) is 0 Å². The van der Waals surface area contributed by atoms with Crippen molar-refractivity contribution < 1.29 is 86.3 Å². The number of thiol groups is 3.